The summed E-state index contributed by atoms with van der Waals surface area (Å²) in [6.07, 6.45) is 0. The lowest BCUT2D eigenvalue weighted by molar-refractivity contribution is -0.138. The van der Waals surface area contributed by atoms with Gasteiger partial charge in [-0.25, -0.2) is 0 Å². The molecule has 1 fully saturated rings. The molecule has 1 aliphatic heterocycles. The van der Waals surface area contributed by atoms with Crippen molar-refractivity contribution in [3.63, 3.8) is 0 Å². The van der Waals surface area contributed by atoms with E-state index in [2.05, 4.69) is 5.32 Å². The highest BCUT2D eigenvalue weighted by atomic mass is 32.2. The molecule has 5 nitrogen and oxygen atoms in total. The second kappa shape index (κ2) is 7.05. The van der Waals surface area contributed by atoms with Crippen LogP contribution in [-0.4, -0.2) is 41.7 Å². The highest BCUT2D eigenvalue weighted by Crippen LogP contribution is 2.40. The van der Waals surface area contributed by atoms with Gasteiger partial charge in [0.15, 0.2) is 0 Å². The maximum Gasteiger partial charge on any atom is 0.242 e. The Bertz CT molecular complexity index is 545. The first-order chi connectivity index (χ1) is 10.4. The average Bonchev–Trinajstić information content (AvgIpc) is 2.87. The predicted molar refractivity (Wildman–Crippen MR) is 87.8 cm³/mol. The van der Waals surface area contributed by atoms with Crippen molar-refractivity contribution in [1.29, 1.82) is 0 Å². The molecule has 1 heterocycles. The molecule has 6 heteroatoms. The number of rotatable bonds is 5. The van der Waals surface area contributed by atoms with Crippen molar-refractivity contribution >= 4 is 23.6 Å². The summed E-state index contributed by atoms with van der Waals surface area (Å²) in [4.78, 5) is 26.1. The lowest BCUT2D eigenvalue weighted by atomic mass is 10.1. The summed E-state index contributed by atoms with van der Waals surface area (Å²) in [6, 6.07) is 7.19. The summed E-state index contributed by atoms with van der Waals surface area (Å²) < 4.78 is 5.16. The van der Waals surface area contributed by atoms with Gasteiger partial charge >= 0.3 is 0 Å². The van der Waals surface area contributed by atoms with Gasteiger partial charge in [0.1, 0.15) is 17.2 Å². The van der Waals surface area contributed by atoms with Gasteiger partial charge in [-0.05, 0) is 38.5 Å². The van der Waals surface area contributed by atoms with Crippen LogP contribution < -0.4 is 10.1 Å². The van der Waals surface area contributed by atoms with Gasteiger partial charge in [0.05, 0.1) is 12.9 Å². The van der Waals surface area contributed by atoms with Gasteiger partial charge in [0.2, 0.25) is 11.8 Å². The summed E-state index contributed by atoms with van der Waals surface area (Å²) in [5.74, 6) is 1.05. The van der Waals surface area contributed by atoms with Gasteiger partial charge in [-0.3, -0.25) is 9.59 Å². The Labute approximate surface area is 135 Å². The number of carbonyl (C=O) groups is 2. The summed E-state index contributed by atoms with van der Waals surface area (Å²) >= 11 is 1.55. The fraction of sp³-hybridized carbons (Fsp3) is 0.500. The Morgan fingerprint density at radius 2 is 1.95 bits per heavy atom. The van der Waals surface area contributed by atoms with Crippen molar-refractivity contribution < 1.29 is 14.3 Å². The van der Waals surface area contributed by atoms with Gasteiger partial charge in [-0.1, -0.05) is 12.1 Å². The molecular formula is C16H22N2O3S. The highest BCUT2D eigenvalue weighted by Gasteiger charge is 2.38. The van der Waals surface area contributed by atoms with E-state index in [9.17, 15) is 9.59 Å². The quantitative estimate of drug-likeness (QED) is 0.903. The zero-order valence-electron chi connectivity index (χ0n) is 13.3. The predicted octanol–water partition coefficient (Wildman–Crippen LogP) is 2.18. The number of nitrogens with zero attached hydrogens (tertiary/aromatic N) is 1. The van der Waals surface area contributed by atoms with Gasteiger partial charge < -0.3 is 15.0 Å². The van der Waals surface area contributed by atoms with E-state index in [1.54, 1.807) is 30.7 Å². The highest BCUT2D eigenvalue weighted by molar-refractivity contribution is 8.00. The first-order valence-electron chi connectivity index (χ1n) is 7.31. The van der Waals surface area contributed by atoms with E-state index < -0.39 is 6.04 Å². The monoisotopic (exact) mass is 322 g/mol. The largest absolute Gasteiger partial charge is 0.497 e. The Morgan fingerprint density at radius 3 is 2.50 bits per heavy atom. The number of methoxy groups -OCH3 is 1. The molecule has 1 aliphatic rings. The Hall–Kier alpha value is -1.69. The van der Waals surface area contributed by atoms with E-state index in [4.69, 9.17) is 4.74 Å². The van der Waals surface area contributed by atoms with Gasteiger partial charge in [-0.2, -0.15) is 0 Å². The molecule has 0 bridgehead atoms. The fourth-order valence-electron chi connectivity index (χ4n) is 2.41. The van der Waals surface area contributed by atoms with E-state index in [1.807, 2.05) is 38.1 Å². The first-order valence-corrected chi connectivity index (χ1v) is 8.36. The second-order valence-electron chi connectivity index (χ2n) is 5.58. The summed E-state index contributed by atoms with van der Waals surface area (Å²) in [5, 5.41) is 2.74. The normalized spacial score (nSPS) is 19.4. The zero-order valence-corrected chi connectivity index (χ0v) is 14.1. The molecule has 2 rings (SSSR count). The van der Waals surface area contributed by atoms with Crippen molar-refractivity contribution in [2.24, 2.45) is 0 Å². The number of thioether (sulfide) groups is 1. The molecule has 0 spiro atoms. The van der Waals surface area contributed by atoms with Crippen molar-refractivity contribution in [2.75, 3.05) is 12.9 Å². The molecular weight excluding hydrogens is 300 g/mol. The van der Waals surface area contributed by atoms with Crippen molar-refractivity contribution in [3.8, 4) is 5.75 Å². The molecule has 1 aromatic carbocycles. The molecule has 2 atom stereocenters. The zero-order chi connectivity index (χ0) is 16.3. The van der Waals surface area contributed by atoms with Crippen LogP contribution in [0.3, 0.4) is 0 Å². The van der Waals surface area contributed by atoms with Gasteiger partial charge in [-0.15, -0.1) is 11.8 Å². The fourth-order valence-corrected chi connectivity index (χ4v) is 3.67. The van der Waals surface area contributed by atoms with Gasteiger partial charge in [0.25, 0.3) is 0 Å². The summed E-state index contributed by atoms with van der Waals surface area (Å²) in [7, 11) is 1.62. The van der Waals surface area contributed by atoms with E-state index >= 15 is 0 Å². The van der Waals surface area contributed by atoms with Crippen molar-refractivity contribution in [1.82, 2.24) is 10.2 Å². The van der Waals surface area contributed by atoms with Crippen LogP contribution in [0.1, 0.15) is 31.7 Å². The van der Waals surface area contributed by atoms with E-state index in [1.165, 1.54) is 0 Å². The molecule has 2 amide bonds. The number of ether oxygens (including phenoxy) is 1. The molecule has 0 unspecified atom stereocenters. The molecule has 22 heavy (non-hydrogen) atoms. The van der Waals surface area contributed by atoms with Crippen LogP contribution in [0.25, 0.3) is 0 Å². The number of nitrogens with one attached hydrogen (secondary N) is 1. The minimum absolute atomic E-state index is 0.00257. The number of hydrogen-bond donors (Lipinski definition) is 1. The Morgan fingerprint density at radius 1 is 1.32 bits per heavy atom. The maximum absolute atomic E-state index is 12.2. The van der Waals surface area contributed by atoms with Gasteiger partial charge in [0, 0.05) is 6.04 Å². The molecule has 1 saturated heterocycles. The lowest BCUT2D eigenvalue weighted by Crippen LogP contribution is -2.48. The third-order valence-electron chi connectivity index (χ3n) is 3.53. The standard InChI is InChI=1S/C16H22N2O3S/c1-10(2)17-15(20)11(3)18-14(19)9-22-16(18)12-5-7-13(21-4)8-6-12/h5-8,10-11,16H,9H2,1-4H3,(H,17,20)/t11-,16+/m0/s1. The van der Waals surface area contributed by atoms with Crippen LogP contribution in [0.2, 0.25) is 0 Å². The lowest BCUT2D eigenvalue weighted by Gasteiger charge is -2.30. The van der Waals surface area contributed by atoms with Crippen LogP contribution in [0.15, 0.2) is 24.3 Å². The SMILES string of the molecule is COc1ccc([C@H]2SCC(=O)N2[C@@H](C)C(=O)NC(C)C)cc1. The molecule has 0 aromatic heterocycles. The van der Waals surface area contributed by atoms with Crippen LogP contribution >= 0.6 is 11.8 Å². The molecule has 120 valence electrons. The van der Waals surface area contributed by atoms with Crippen LogP contribution in [0.4, 0.5) is 0 Å². The van der Waals surface area contributed by atoms with E-state index in [0.717, 1.165) is 11.3 Å². The number of benzene rings is 1. The molecule has 0 radical (unpaired) electrons. The number of amides is 2. The minimum Gasteiger partial charge on any atom is -0.497 e. The van der Waals surface area contributed by atoms with Crippen molar-refractivity contribution in [2.45, 2.75) is 38.2 Å². The molecule has 0 saturated carbocycles. The van der Waals surface area contributed by atoms with E-state index in [0.29, 0.717) is 5.75 Å². The Balaban J connectivity index is 2.19. The third-order valence-corrected chi connectivity index (χ3v) is 4.76. The number of carbonyl (C=O) groups excluding carboxylic acids is 2. The first kappa shape index (κ1) is 16.7. The smallest absolute Gasteiger partial charge is 0.242 e. The molecule has 0 aliphatic carbocycles. The maximum atomic E-state index is 12.2. The summed E-state index contributed by atoms with van der Waals surface area (Å²) in [6.45, 7) is 5.59. The summed E-state index contributed by atoms with van der Waals surface area (Å²) in [5.41, 5.74) is 1.00. The molecule has 1 aromatic rings. The van der Waals surface area contributed by atoms with E-state index in [-0.39, 0.29) is 23.2 Å². The minimum atomic E-state index is -0.489. The Kier molecular flexibility index (Phi) is 5.34. The number of hydrogen-bond acceptors (Lipinski definition) is 4. The second-order valence-corrected chi connectivity index (χ2v) is 6.65. The molecule has 1 N–H and O–H groups in total. The average molecular weight is 322 g/mol. The topological polar surface area (TPSA) is 58.6 Å². The van der Waals surface area contributed by atoms with Crippen LogP contribution in [0.5, 0.6) is 5.75 Å². The third kappa shape index (κ3) is 3.55. The van der Waals surface area contributed by atoms with Crippen molar-refractivity contribution in [3.05, 3.63) is 29.8 Å². The van der Waals surface area contributed by atoms with Crippen LogP contribution in [0, 0.1) is 0 Å². The van der Waals surface area contributed by atoms with Crippen LogP contribution in [-0.2, 0) is 9.59 Å².